The van der Waals surface area contributed by atoms with Crippen LogP contribution in [0.25, 0.3) is 0 Å². The van der Waals surface area contributed by atoms with Gasteiger partial charge in [0.05, 0.1) is 16.4 Å². The number of hydrogen-bond donors (Lipinski definition) is 1. The lowest BCUT2D eigenvalue weighted by Crippen LogP contribution is -2.41. The number of allylic oxidation sites excluding steroid dienone is 5. The predicted molar refractivity (Wildman–Crippen MR) is 145 cm³/mol. The molecule has 2 saturated carbocycles. The lowest BCUT2D eigenvalue weighted by Gasteiger charge is -2.35. The Bertz CT molecular complexity index is 875. The van der Waals surface area contributed by atoms with Crippen LogP contribution < -0.4 is 0 Å². The Morgan fingerprint density at radius 3 is 1.86 bits per heavy atom. The third-order valence-electron chi connectivity index (χ3n) is 7.81. The summed E-state index contributed by atoms with van der Waals surface area (Å²) in [4.78, 5) is 25.9. The fourth-order valence-corrected chi connectivity index (χ4v) is 5.64. The maximum absolute atomic E-state index is 13.1. The van der Waals surface area contributed by atoms with E-state index in [1.54, 1.807) is 0 Å². The van der Waals surface area contributed by atoms with Crippen LogP contribution in [0, 0.1) is 10.8 Å². The van der Waals surface area contributed by atoms with E-state index in [1.807, 2.05) is 33.8 Å². The van der Waals surface area contributed by atoms with Gasteiger partial charge in [-0.05, 0) is 119 Å². The van der Waals surface area contributed by atoms with Crippen LogP contribution in [0.2, 0.25) is 0 Å². The fraction of sp³-hybridized carbons (Fsp3) is 0.742. The molecule has 0 aromatic rings. The average Bonchev–Trinajstić information content (AvgIpc) is 3.25. The Balaban J connectivity index is 1.79. The van der Waals surface area contributed by atoms with Gasteiger partial charge in [0.1, 0.15) is 12.2 Å². The second-order valence-corrected chi connectivity index (χ2v) is 13.0. The van der Waals surface area contributed by atoms with Gasteiger partial charge in [-0.2, -0.15) is 0 Å². The van der Waals surface area contributed by atoms with Gasteiger partial charge in [-0.1, -0.05) is 28.9 Å². The third-order valence-corrected chi connectivity index (χ3v) is 7.81. The summed E-state index contributed by atoms with van der Waals surface area (Å²) in [7, 11) is 0. The minimum absolute atomic E-state index is 0.240. The zero-order valence-corrected chi connectivity index (χ0v) is 24.1. The number of ether oxygens (including phenoxy) is 2. The monoisotopic (exact) mass is 502 g/mol. The maximum atomic E-state index is 13.1. The van der Waals surface area contributed by atoms with Gasteiger partial charge in [-0.25, -0.2) is 0 Å². The van der Waals surface area contributed by atoms with E-state index in [9.17, 15) is 14.7 Å². The molecule has 0 spiro atoms. The standard InChI is InChI=1S/C31H50O5/c1-23(2)11-9-12-24(3)13-10-14-25(4)15-20-35-26(32)28(5,6)21-29(7,8)27(33)36-31-18-16-30(34,22-31)17-19-31/h11,13,15,34H,9-10,12,14,16-22H2,1-8H3. The van der Waals surface area contributed by atoms with E-state index in [0.29, 0.717) is 38.5 Å². The van der Waals surface area contributed by atoms with Gasteiger partial charge in [-0.3, -0.25) is 9.59 Å². The first kappa shape index (κ1) is 30.3. The quantitative estimate of drug-likeness (QED) is 0.210. The molecule has 36 heavy (non-hydrogen) atoms. The third kappa shape index (κ3) is 8.90. The second-order valence-electron chi connectivity index (χ2n) is 13.0. The molecule has 0 saturated heterocycles. The Morgan fingerprint density at radius 2 is 1.33 bits per heavy atom. The molecule has 2 bridgehead atoms. The van der Waals surface area contributed by atoms with Gasteiger partial charge in [0, 0.05) is 6.42 Å². The fourth-order valence-electron chi connectivity index (χ4n) is 5.64. The molecule has 2 rings (SSSR count). The number of carbonyl (C=O) groups is 2. The number of carbonyl (C=O) groups excluding carboxylic acids is 2. The molecule has 0 heterocycles. The van der Waals surface area contributed by atoms with Crippen LogP contribution >= 0.6 is 0 Å². The Labute approximate surface area is 219 Å². The molecular weight excluding hydrogens is 452 g/mol. The molecule has 0 radical (unpaired) electrons. The number of fused-ring (bicyclic) bond motifs is 2. The molecule has 5 nitrogen and oxygen atoms in total. The predicted octanol–water partition coefficient (Wildman–Crippen LogP) is 7.38. The largest absolute Gasteiger partial charge is 0.461 e. The molecule has 0 aliphatic heterocycles. The Morgan fingerprint density at radius 1 is 0.806 bits per heavy atom. The summed E-state index contributed by atoms with van der Waals surface area (Å²) >= 11 is 0. The van der Waals surface area contributed by atoms with Gasteiger partial charge in [-0.15, -0.1) is 0 Å². The van der Waals surface area contributed by atoms with Gasteiger partial charge in [0.15, 0.2) is 0 Å². The molecule has 2 aliphatic carbocycles. The minimum Gasteiger partial charge on any atom is -0.461 e. The summed E-state index contributed by atoms with van der Waals surface area (Å²) in [6.07, 6.45) is 14.3. The topological polar surface area (TPSA) is 72.8 Å². The Kier molecular flexibility index (Phi) is 10.2. The van der Waals surface area contributed by atoms with Crippen LogP contribution in [-0.2, 0) is 19.1 Å². The van der Waals surface area contributed by atoms with Gasteiger partial charge in [0.2, 0.25) is 0 Å². The van der Waals surface area contributed by atoms with Crippen LogP contribution in [0.4, 0.5) is 0 Å². The van der Waals surface area contributed by atoms with Crippen LogP contribution in [-0.4, -0.2) is 34.9 Å². The van der Waals surface area contributed by atoms with Crippen molar-refractivity contribution in [1.82, 2.24) is 0 Å². The van der Waals surface area contributed by atoms with E-state index < -0.39 is 22.0 Å². The van der Waals surface area contributed by atoms with E-state index in [-0.39, 0.29) is 18.5 Å². The van der Waals surface area contributed by atoms with Crippen molar-refractivity contribution in [2.45, 2.75) is 131 Å². The Hall–Kier alpha value is -1.88. The van der Waals surface area contributed by atoms with E-state index in [4.69, 9.17) is 9.47 Å². The minimum atomic E-state index is -0.831. The molecule has 0 unspecified atom stereocenters. The van der Waals surface area contributed by atoms with Crippen LogP contribution in [0.3, 0.4) is 0 Å². The summed E-state index contributed by atoms with van der Waals surface area (Å²) in [6, 6.07) is 0. The normalized spacial score (nSPS) is 24.6. The molecule has 2 aliphatic rings. The average molecular weight is 503 g/mol. The van der Waals surface area contributed by atoms with Crippen molar-refractivity contribution in [2.75, 3.05) is 6.61 Å². The summed E-state index contributed by atoms with van der Waals surface area (Å²) in [6.45, 7) is 16.1. The molecule has 204 valence electrons. The molecular formula is C31H50O5. The van der Waals surface area contributed by atoms with Gasteiger partial charge >= 0.3 is 11.9 Å². The lowest BCUT2D eigenvalue weighted by atomic mass is 9.75. The van der Waals surface area contributed by atoms with Crippen LogP contribution in [0.1, 0.15) is 120 Å². The van der Waals surface area contributed by atoms with Gasteiger partial charge < -0.3 is 14.6 Å². The smallest absolute Gasteiger partial charge is 0.312 e. The van der Waals surface area contributed by atoms with Crippen molar-refractivity contribution in [3.8, 4) is 0 Å². The highest BCUT2D eigenvalue weighted by Crippen LogP contribution is 2.53. The second kappa shape index (κ2) is 12.1. The summed E-state index contributed by atoms with van der Waals surface area (Å²) in [5, 5.41) is 10.5. The highest BCUT2D eigenvalue weighted by Gasteiger charge is 2.57. The first-order chi connectivity index (χ1) is 16.6. The van der Waals surface area contributed by atoms with Crippen molar-refractivity contribution < 1.29 is 24.2 Å². The molecule has 0 amide bonds. The highest BCUT2D eigenvalue weighted by atomic mass is 16.6. The van der Waals surface area contributed by atoms with Crippen molar-refractivity contribution in [1.29, 1.82) is 0 Å². The van der Waals surface area contributed by atoms with E-state index in [2.05, 4.69) is 39.8 Å². The number of hydrogen-bond acceptors (Lipinski definition) is 5. The lowest BCUT2D eigenvalue weighted by molar-refractivity contribution is -0.173. The van der Waals surface area contributed by atoms with E-state index >= 15 is 0 Å². The zero-order valence-electron chi connectivity index (χ0n) is 24.1. The summed E-state index contributed by atoms with van der Waals surface area (Å²) in [5.74, 6) is -0.605. The molecule has 1 N–H and O–H groups in total. The van der Waals surface area contributed by atoms with E-state index in [1.165, 1.54) is 16.7 Å². The maximum Gasteiger partial charge on any atom is 0.312 e. The molecule has 0 aromatic carbocycles. The van der Waals surface area contributed by atoms with Crippen molar-refractivity contribution in [3.05, 3.63) is 34.9 Å². The van der Waals surface area contributed by atoms with Gasteiger partial charge in [0.25, 0.3) is 0 Å². The first-order valence-corrected chi connectivity index (χ1v) is 13.7. The van der Waals surface area contributed by atoms with Crippen LogP contribution in [0.15, 0.2) is 34.9 Å². The molecule has 0 atom stereocenters. The SMILES string of the molecule is CC(C)=CCCC(C)=CCCC(C)=CCOC(=O)C(C)(C)CC(C)(C)C(=O)OC12CCC(O)(CC1)C2. The highest BCUT2D eigenvalue weighted by molar-refractivity contribution is 5.80. The molecule has 2 fully saturated rings. The number of esters is 2. The molecule has 5 heteroatoms. The van der Waals surface area contributed by atoms with Crippen LogP contribution in [0.5, 0.6) is 0 Å². The summed E-state index contributed by atoms with van der Waals surface area (Å²) in [5.41, 5.74) is 1.12. The van der Waals surface area contributed by atoms with Crippen molar-refractivity contribution >= 4 is 11.9 Å². The van der Waals surface area contributed by atoms with Crippen molar-refractivity contribution in [3.63, 3.8) is 0 Å². The zero-order chi connectivity index (χ0) is 27.2. The number of aliphatic hydroxyl groups is 1. The van der Waals surface area contributed by atoms with E-state index in [0.717, 1.165) is 25.7 Å². The number of rotatable bonds is 13. The summed E-state index contributed by atoms with van der Waals surface area (Å²) < 4.78 is 11.6. The van der Waals surface area contributed by atoms with Crippen molar-refractivity contribution in [2.24, 2.45) is 10.8 Å². The first-order valence-electron chi connectivity index (χ1n) is 13.7. The molecule has 0 aromatic heterocycles.